The number of aryl methyl sites for hydroxylation is 1. The van der Waals surface area contributed by atoms with Gasteiger partial charge in [-0.3, -0.25) is 4.68 Å². The van der Waals surface area contributed by atoms with Crippen LogP contribution in [-0.4, -0.2) is 16.8 Å². The summed E-state index contributed by atoms with van der Waals surface area (Å²) in [5.74, 6) is -0.268. The van der Waals surface area contributed by atoms with Gasteiger partial charge in [-0.15, -0.1) is 0 Å². The van der Waals surface area contributed by atoms with Gasteiger partial charge in [-0.05, 0) is 38.6 Å². The van der Waals surface area contributed by atoms with E-state index in [-0.39, 0.29) is 11.9 Å². The zero-order chi connectivity index (χ0) is 13.8. The van der Waals surface area contributed by atoms with Gasteiger partial charge >= 0.3 is 0 Å². The highest BCUT2D eigenvalue weighted by Crippen LogP contribution is 2.25. The molecule has 3 nitrogen and oxygen atoms in total. The molecule has 1 N–H and O–H groups in total. The second kappa shape index (κ2) is 6.17. The summed E-state index contributed by atoms with van der Waals surface area (Å²) in [6.07, 6.45) is 2.25. The molecule has 19 heavy (non-hydrogen) atoms. The molecule has 1 heterocycles. The molecule has 2 aromatic rings. The van der Waals surface area contributed by atoms with Crippen molar-refractivity contribution in [2.24, 2.45) is 0 Å². The van der Waals surface area contributed by atoms with Crippen LogP contribution in [0.5, 0.6) is 0 Å². The number of benzene rings is 1. The summed E-state index contributed by atoms with van der Waals surface area (Å²) in [7, 11) is 1.85. The fraction of sp³-hybridized carbons (Fsp3) is 0.357. The Morgan fingerprint density at radius 3 is 2.84 bits per heavy atom. The Kier molecular flexibility index (Phi) is 4.56. The van der Waals surface area contributed by atoms with Gasteiger partial charge in [-0.1, -0.05) is 17.7 Å². The molecular formula is C14H17ClFN3. The van der Waals surface area contributed by atoms with Gasteiger partial charge in [0.1, 0.15) is 5.82 Å². The maximum Gasteiger partial charge on any atom is 0.127 e. The van der Waals surface area contributed by atoms with E-state index in [2.05, 4.69) is 10.4 Å². The highest BCUT2D eigenvalue weighted by atomic mass is 35.5. The van der Waals surface area contributed by atoms with E-state index in [0.717, 1.165) is 12.2 Å². The van der Waals surface area contributed by atoms with Crippen LogP contribution in [0.25, 0.3) is 0 Å². The van der Waals surface area contributed by atoms with E-state index in [1.807, 2.05) is 24.7 Å². The van der Waals surface area contributed by atoms with Crippen molar-refractivity contribution in [1.82, 2.24) is 15.1 Å². The minimum Gasteiger partial charge on any atom is -0.311 e. The lowest BCUT2D eigenvalue weighted by molar-refractivity contribution is 0.502. The number of nitrogens with zero attached hydrogens (tertiary/aromatic N) is 2. The fourth-order valence-electron chi connectivity index (χ4n) is 2.19. The van der Waals surface area contributed by atoms with Crippen LogP contribution in [0.1, 0.15) is 24.2 Å². The molecule has 0 spiro atoms. The molecule has 1 aromatic carbocycles. The predicted octanol–water partition coefficient (Wildman–Crippen LogP) is 3.20. The molecule has 1 unspecified atom stereocenters. The van der Waals surface area contributed by atoms with Gasteiger partial charge in [0.2, 0.25) is 0 Å². The van der Waals surface area contributed by atoms with Gasteiger partial charge in [-0.25, -0.2) is 4.39 Å². The summed E-state index contributed by atoms with van der Waals surface area (Å²) >= 11 is 6.08. The predicted molar refractivity (Wildman–Crippen MR) is 74.8 cm³/mol. The molecule has 0 aliphatic carbocycles. The molecule has 2 rings (SSSR count). The van der Waals surface area contributed by atoms with Crippen molar-refractivity contribution < 1.29 is 4.39 Å². The number of rotatable bonds is 5. The first-order valence-corrected chi connectivity index (χ1v) is 6.67. The SMILES string of the molecule is CCn1nccc1C(Cc1c(F)cccc1Cl)NC. The Hall–Kier alpha value is -1.39. The van der Waals surface area contributed by atoms with Crippen molar-refractivity contribution >= 4 is 11.6 Å². The third-order valence-electron chi connectivity index (χ3n) is 3.22. The van der Waals surface area contributed by atoms with Gasteiger partial charge in [0.15, 0.2) is 0 Å². The standard InChI is InChI=1S/C14H17ClFN3/c1-3-19-14(7-8-18-19)13(17-2)9-10-11(15)5-4-6-12(10)16/h4-8,13,17H,3,9H2,1-2H3. The Labute approximate surface area is 117 Å². The molecule has 0 saturated carbocycles. The van der Waals surface area contributed by atoms with Crippen LogP contribution in [0.4, 0.5) is 4.39 Å². The summed E-state index contributed by atoms with van der Waals surface area (Å²) in [5.41, 5.74) is 1.57. The molecule has 0 radical (unpaired) electrons. The third kappa shape index (κ3) is 2.96. The van der Waals surface area contributed by atoms with E-state index < -0.39 is 0 Å². The Bertz CT molecular complexity index is 533. The van der Waals surface area contributed by atoms with Gasteiger partial charge in [0, 0.05) is 23.3 Å². The zero-order valence-corrected chi connectivity index (χ0v) is 11.8. The number of hydrogen-bond donors (Lipinski definition) is 1. The van der Waals surface area contributed by atoms with Gasteiger partial charge in [0.05, 0.1) is 11.7 Å². The van der Waals surface area contributed by atoms with E-state index in [4.69, 9.17) is 11.6 Å². The zero-order valence-electron chi connectivity index (χ0n) is 11.0. The van der Waals surface area contributed by atoms with Crippen molar-refractivity contribution in [1.29, 1.82) is 0 Å². The summed E-state index contributed by atoms with van der Waals surface area (Å²) in [4.78, 5) is 0. The molecular weight excluding hydrogens is 265 g/mol. The Morgan fingerprint density at radius 2 is 2.21 bits per heavy atom. The molecule has 5 heteroatoms. The lowest BCUT2D eigenvalue weighted by Gasteiger charge is -2.18. The highest BCUT2D eigenvalue weighted by molar-refractivity contribution is 6.31. The molecule has 0 aliphatic heterocycles. The first-order valence-electron chi connectivity index (χ1n) is 6.29. The van der Waals surface area contributed by atoms with Crippen LogP contribution in [0.2, 0.25) is 5.02 Å². The van der Waals surface area contributed by atoms with Crippen molar-refractivity contribution in [2.45, 2.75) is 25.9 Å². The largest absolute Gasteiger partial charge is 0.311 e. The minimum absolute atomic E-state index is 0.0168. The monoisotopic (exact) mass is 281 g/mol. The summed E-state index contributed by atoms with van der Waals surface area (Å²) in [6, 6.07) is 6.69. The van der Waals surface area contributed by atoms with Crippen LogP contribution in [0.3, 0.4) is 0 Å². The quantitative estimate of drug-likeness (QED) is 0.912. The highest BCUT2D eigenvalue weighted by Gasteiger charge is 2.18. The molecule has 102 valence electrons. The van der Waals surface area contributed by atoms with Gasteiger partial charge < -0.3 is 5.32 Å². The smallest absolute Gasteiger partial charge is 0.127 e. The average Bonchev–Trinajstić information content (AvgIpc) is 2.87. The normalized spacial score (nSPS) is 12.6. The maximum atomic E-state index is 13.8. The Morgan fingerprint density at radius 1 is 1.42 bits per heavy atom. The number of likely N-dealkylation sites (N-methyl/N-ethyl adjacent to an activating group) is 1. The molecule has 0 amide bonds. The molecule has 0 aliphatic rings. The lowest BCUT2D eigenvalue weighted by atomic mass is 10.0. The van der Waals surface area contributed by atoms with E-state index >= 15 is 0 Å². The molecule has 0 bridgehead atoms. The van der Waals surface area contributed by atoms with Gasteiger partial charge in [0.25, 0.3) is 0 Å². The fourth-order valence-corrected chi connectivity index (χ4v) is 2.43. The number of aromatic nitrogens is 2. The van der Waals surface area contributed by atoms with Crippen molar-refractivity contribution in [3.05, 3.63) is 52.6 Å². The van der Waals surface area contributed by atoms with Crippen LogP contribution < -0.4 is 5.32 Å². The molecule has 0 saturated heterocycles. The van der Waals surface area contributed by atoms with Crippen molar-refractivity contribution in [3.8, 4) is 0 Å². The van der Waals surface area contributed by atoms with E-state index in [9.17, 15) is 4.39 Å². The van der Waals surface area contributed by atoms with Crippen LogP contribution in [-0.2, 0) is 13.0 Å². The molecule has 1 atom stereocenters. The molecule has 1 aromatic heterocycles. The minimum atomic E-state index is -0.268. The molecule has 0 fully saturated rings. The summed E-state index contributed by atoms with van der Waals surface area (Å²) in [5, 5.41) is 7.90. The first kappa shape index (κ1) is 14.0. The average molecular weight is 282 g/mol. The number of hydrogen-bond acceptors (Lipinski definition) is 2. The third-order valence-corrected chi connectivity index (χ3v) is 3.58. The first-order chi connectivity index (χ1) is 9.17. The lowest BCUT2D eigenvalue weighted by Crippen LogP contribution is -2.23. The number of halogens is 2. The summed E-state index contributed by atoms with van der Waals surface area (Å²) < 4.78 is 15.7. The van der Waals surface area contributed by atoms with Crippen LogP contribution in [0, 0.1) is 5.82 Å². The van der Waals surface area contributed by atoms with E-state index in [1.165, 1.54) is 6.07 Å². The van der Waals surface area contributed by atoms with E-state index in [1.54, 1.807) is 18.3 Å². The van der Waals surface area contributed by atoms with Crippen molar-refractivity contribution in [3.63, 3.8) is 0 Å². The summed E-state index contributed by atoms with van der Waals surface area (Å²) in [6.45, 7) is 2.81. The second-order valence-electron chi connectivity index (χ2n) is 4.32. The number of nitrogens with one attached hydrogen (secondary N) is 1. The van der Waals surface area contributed by atoms with Crippen LogP contribution in [0.15, 0.2) is 30.5 Å². The second-order valence-corrected chi connectivity index (χ2v) is 4.72. The van der Waals surface area contributed by atoms with E-state index in [0.29, 0.717) is 17.0 Å². The van der Waals surface area contributed by atoms with Crippen LogP contribution >= 0.6 is 11.6 Å². The Balaban J connectivity index is 2.29. The topological polar surface area (TPSA) is 29.9 Å². The van der Waals surface area contributed by atoms with Crippen molar-refractivity contribution in [2.75, 3.05) is 7.05 Å². The maximum absolute atomic E-state index is 13.8. The van der Waals surface area contributed by atoms with Gasteiger partial charge in [-0.2, -0.15) is 5.10 Å².